The summed E-state index contributed by atoms with van der Waals surface area (Å²) in [6.45, 7) is 3.80. The summed E-state index contributed by atoms with van der Waals surface area (Å²) in [6, 6.07) is 0. The van der Waals surface area contributed by atoms with Crippen LogP contribution < -0.4 is 0 Å². The molecule has 0 saturated carbocycles. The van der Waals surface area contributed by atoms with Crippen LogP contribution in [-0.4, -0.2) is 0 Å². The Morgan fingerprint density at radius 1 is 1.20 bits per heavy atom. The lowest BCUT2D eigenvalue weighted by molar-refractivity contribution is 1.10. The van der Waals surface area contributed by atoms with Crippen molar-refractivity contribution >= 4 is 0 Å². The van der Waals surface area contributed by atoms with Crippen LogP contribution in [0.4, 0.5) is 0 Å². The number of hydrogen-bond donors (Lipinski definition) is 0. The Morgan fingerprint density at radius 3 is 1.60 bits per heavy atom. The second-order valence-electron chi connectivity index (χ2n) is 0.884. The largest absolute Gasteiger partial charge is 0.0585 e. The Kier molecular flexibility index (Phi) is 4.00. The minimum Gasteiger partial charge on any atom is -0.0585 e. The van der Waals surface area contributed by atoms with E-state index in [-0.39, 0.29) is 0 Å². The van der Waals surface area contributed by atoms with Crippen molar-refractivity contribution in [2.45, 2.75) is 20.3 Å². The van der Waals surface area contributed by atoms with Crippen LogP contribution in [0.25, 0.3) is 0 Å². The summed E-state index contributed by atoms with van der Waals surface area (Å²) in [4.78, 5) is 0. The van der Waals surface area contributed by atoms with Gasteiger partial charge in [-0.1, -0.05) is 13.8 Å². The Labute approximate surface area is 34.2 Å². The van der Waals surface area contributed by atoms with Crippen LogP contribution in [0.5, 0.6) is 0 Å². The smallest absolute Gasteiger partial charge is 0.0201 e. The lowest BCUT2D eigenvalue weighted by atomic mass is 10.3. The second-order valence-corrected chi connectivity index (χ2v) is 0.884. The van der Waals surface area contributed by atoms with Gasteiger partial charge in [-0.3, -0.25) is 0 Å². The van der Waals surface area contributed by atoms with Gasteiger partial charge >= 0.3 is 0 Å². The highest BCUT2D eigenvalue weighted by atomic mass is 13.7. The highest BCUT2D eigenvalue weighted by Gasteiger charge is 1.70. The van der Waals surface area contributed by atoms with E-state index >= 15 is 0 Å². The summed E-state index contributed by atoms with van der Waals surface area (Å²) >= 11 is 0. The average molecular weight is 68.1 g/mol. The molecule has 0 aromatic carbocycles. The van der Waals surface area contributed by atoms with Gasteiger partial charge in [0.25, 0.3) is 0 Å². The quantitative estimate of drug-likeness (QED) is 0.461. The first-order valence-corrected chi connectivity index (χ1v) is 1.71. The van der Waals surface area contributed by atoms with E-state index in [1.165, 1.54) is 0 Å². The molecule has 4 radical (unpaired) electrons. The molecule has 28 valence electrons. The van der Waals surface area contributed by atoms with Crippen molar-refractivity contribution in [2.24, 2.45) is 0 Å². The number of rotatable bonds is 2. The van der Waals surface area contributed by atoms with Crippen molar-refractivity contribution in [2.75, 3.05) is 0 Å². The van der Waals surface area contributed by atoms with Crippen molar-refractivity contribution in [1.82, 2.24) is 0 Å². The molecule has 0 spiro atoms. The van der Waals surface area contributed by atoms with Gasteiger partial charge in [0.1, 0.15) is 0 Å². The van der Waals surface area contributed by atoms with E-state index in [1.807, 2.05) is 13.8 Å². The summed E-state index contributed by atoms with van der Waals surface area (Å²) < 4.78 is 0. The molecule has 5 heavy (non-hydrogen) atoms. The van der Waals surface area contributed by atoms with Gasteiger partial charge in [0.05, 0.1) is 0 Å². The fourth-order valence-electron chi connectivity index (χ4n) is 0.177. The van der Waals surface area contributed by atoms with Crippen molar-refractivity contribution in [3.63, 3.8) is 0 Å². The monoisotopic (exact) mass is 68.1 g/mol. The zero-order valence-corrected chi connectivity index (χ0v) is 3.71. The van der Waals surface area contributed by atoms with E-state index < -0.39 is 0 Å². The molecule has 0 heteroatoms. The molecule has 0 unspecified atom stereocenters. The van der Waals surface area contributed by atoms with Crippen molar-refractivity contribution in [3.05, 3.63) is 12.8 Å². The van der Waals surface area contributed by atoms with Crippen LogP contribution in [-0.2, 0) is 0 Å². The Bertz CT molecular complexity index is 7.51. The first kappa shape index (κ1) is 5.00. The minimum atomic E-state index is 0.889. The van der Waals surface area contributed by atoms with Crippen LogP contribution in [0.15, 0.2) is 0 Å². The van der Waals surface area contributed by atoms with Gasteiger partial charge in [-0.05, 0) is 19.3 Å². The predicted molar refractivity (Wildman–Crippen MR) is 22.5 cm³/mol. The molecular formula is C5H8. The number of hydrogen-bond acceptors (Lipinski definition) is 0. The van der Waals surface area contributed by atoms with E-state index in [9.17, 15) is 0 Å². The SMILES string of the molecule is C[C]C[C]C. The van der Waals surface area contributed by atoms with Gasteiger partial charge in [0.2, 0.25) is 0 Å². The zero-order valence-electron chi connectivity index (χ0n) is 3.71. The van der Waals surface area contributed by atoms with Crippen LogP contribution in [0.2, 0.25) is 0 Å². The average Bonchev–Trinajstić information content (AvgIpc) is 1.41. The Hall–Kier alpha value is 0. The standard InChI is InChI=1S/C5H8/c1-3-5-4-2/h5H2,1-2H3. The topological polar surface area (TPSA) is 0 Å². The molecule has 0 nitrogen and oxygen atoms in total. The molecule has 0 aliphatic rings. The molecule has 0 aliphatic heterocycles. The van der Waals surface area contributed by atoms with E-state index in [4.69, 9.17) is 0 Å². The molecule has 0 aliphatic carbocycles. The summed E-state index contributed by atoms with van der Waals surface area (Å²) in [7, 11) is 0. The molecule has 0 bridgehead atoms. The first-order chi connectivity index (χ1) is 2.41. The van der Waals surface area contributed by atoms with E-state index in [1.54, 1.807) is 0 Å². The Morgan fingerprint density at radius 2 is 1.60 bits per heavy atom. The third-order valence-electron chi connectivity index (χ3n) is 0.354. The minimum absolute atomic E-state index is 0.889. The normalized spacial score (nSPS) is 8.40. The van der Waals surface area contributed by atoms with Crippen LogP contribution in [0.3, 0.4) is 0 Å². The molecule has 0 saturated heterocycles. The predicted octanol–water partition coefficient (Wildman–Crippen LogP) is 1.58. The molecule has 0 aromatic heterocycles. The van der Waals surface area contributed by atoms with Gasteiger partial charge < -0.3 is 0 Å². The molecule has 0 aromatic rings. The van der Waals surface area contributed by atoms with Crippen LogP contribution >= 0.6 is 0 Å². The van der Waals surface area contributed by atoms with Crippen LogP contribution in [0.1, 0.15) is 20.3 Å². The number of unbranched alkanes of at least 4 members (excludes halogenated alkanes) is 2. The van der Waals surface area contributed by atoms with Crippen LogP contribution in [0, 0.1) is 12.8 Å². The highest BCUT2D eigenvalue weighted by molar-refractivity contribution is 4.65. The van der Waals surface area contributed by atoms with Crippen molar-refractivity contribution in [3.8, 4) is 0 Å². The fourth-order valence-corrected chi connectivity index (χ4v) is 0.177. The first-order valence-electron chi connectivity index (χ1n) is 1.71. The molecule has 0 heterocycles. The summed E-state index contributed by atoms with van der Waals surface area (Å²) in [5, 5.41) is 0. The molecular weight excluding hydrogens is 60.1 g/mol. The van der Waals surface area contributed by atoms with E-state index in [0.717, 1.165) is 6.42 Å². The van der Waals surface area contributed by atoms with Gasteiger partial charge in [-0.15, -0.1) is 0 Å². The maximum atomic E-state index is 2.91. The third-order valence-corrected chi connectivity index (χ3v) is 0.354. The summed E-state index contributed by atoms with van der Waals surface area (Å²) in [6.07, 6.45) is 6.70. The summed E-state index contributed by atoms with van der Waals surface area (Å²) in [5.41, 5.74) is 0. The van der Waals surface area contributed by atoms with Gasteiger partial charge in [0, 0.05) is 0 Å². The fraction of sp³-hybridized carbons (Fsp3) is 0.600. The van der Waals surface area contributed by atoms with Crippen molar-refractivity contribution < 1.29 is 0 Å². The third kappa shape index (κ3) is 4.00. The molecule has 0 N–H and O–H groups in total. The molecule has 0 rings (SSSR count). The van der Waals surface area contributed by atoms with E-state index in [0.29, 0.717) is 0 Å². The Balaban J connectivity index is 2.19. The molecule has 0 fully saturated rings. The van der Waals surface area contributed by atoms with Gasteiger partial charge in [-0.25, -0.2) is 0 Å². The lowest BCUT2D eigenvalue weighted by Gasteiger charge is -1.76. The lowest BCUT2D eigenvalue weighted by Crippen LogP contribution is -1.62. The second kappa shape index (κ2) is 4.00. The maximum absolute atomic E-state index is 2.91. The highest BCUT2D eigenvalue weighted by Crippen LogP contribution is 1.85. The van der Waals surface area contributed by atoms with Gasteiger partial charge in [-0.2, -0.15) is 0 Å². The van der Waals surface area contributed by atoms with E-state index in [2.05, 4.69) is 12.8 Å². The van der Waals surface area contributed by atoms with Gasteiger partial charge in [0.15, 0.2) is 0 Å². The molecule has 0 amide bonds. The van der Waals surface area contributed by atoms with Crippen molar-refractivity contribution in [1.29, 1.82) is 0 Å². The zero-order chi connectivity index (χ0) is 4.12. The maximum Gasteiger partial charge on any atom is -0.0201 e. The molecule has 0 atom stereocenters. The summed E-state index contributed by atoms with van der Waals surface area (Å²) in [5.74, 6) is 0.